The molecular formula is C12H16ClNO3. The predicted octanol–water partition coefficient (Wildman–Crippen LogP) is 2.79. The van der Waals surface area contributed by atoms with Gasteiger partial charge < -0.3 is 14.2 Å². The van der Waals surface area contributed by atoms with Crippen LogP contribution in [-0.2, 0) is 16.1 Å². The van der Waals surface area contributed by atoms with E-state index in [1.807, 2.05) is 0 Å². The SMILES string of the molecule is COc1ccnc(Cl)c1COC1CCCCO1. The summed E-state index contributed by atoms with van der Waals surface area (Å²) in [6.45, 7) is 1.13. The molecule has 1 aliphatic heterocycles. The fourth-order valence-corrected chi connectivity index (χ4v) is 2.00. The van der Waals surface area contributed by atoms with E-state index in [9.17, 15) is 0 Å². The number of rotatable bonds is 4. The number of methoxy groups -OCH3 is 1. The number of aromatic nitrogens is 1. The first-order valence-corrected chi connectivity index (χ1v) is 6.09. The molecule has 0 saturated carbocycles. The summed E-state index contributed by atoms with van der Waals surface area (Å²) in [7, 11) is 1.60. The smallest absolute Gasteiger partial charge is 0.158 e. The van der Waals surface area contributed by atoms with Crippen LogP contribution in [-0.4, -0.2) is 25.0 Å². The van der Waals surface area contributed by atoms with E-state index in [1.54, 1.807) is 19.4 Å². The van der Waals surface area contributed by atoms with Crippen molar-refractivity contribution in [2.45, 2.75) is 32.2 Å². The standard InChI is InChI=1S/C12H16ClNO3/c1-15-10-5-6-14-12(13)9(10)8-17-11-4-2-3-7-16-11/h5-6,11H,2-4,7-8H2,1H3. The summed E-state index contributed by atoms with van der Waals surface area (Å²) in [5.74, 6) is 0.695. The molecule has 0 spiro atoms. The summed E-state index contributed by atoms with van der Waals surface area (Å²) in [6.07, 6.45) is 4.66. The molecule has 0 N–H and O–H groups in total. The molecule has 2 heterocycles. The third-order valence-electron chi connectivity index (χ3n) is 2.73. The Hall–Kier alpha value is -0.840. The van der Waals surface area contributed by atoms with E-state index in [0.29, 0.717) is 17.5 Å². The molecule has 1 fully saturated rings. The van der Waals surface area contributed by atoms with Gasteiger partial charge in [0.05, 0.1) is 19.3 Å². The van der Waals surface area contributed by atoms with Gasteiger partial charge in [-0.1, -0.05) is 11.6 Å². The first kappa shape index (κ1) is 12.6. The van der Waals surface area contributed by atoms with Gasteiger partial charge in [-0.2, -0.15) is 0 Å². The normalized spacial score (nSPS) is 20.2. The Morgan fingerprint density at radius 3 is 3.12 bits per heavy atom. The zero-order chi connectivity index (χ0) is 12.1. The van der Waals surface area contributed by atoms with E-state index in [-0.39, 0.29) is 6.29 Å². The van der Waals surface area contributed by atoms with Crippen LogP contribution >= 0.6 is 11.6 Å². The summed E-state index contributed by atoms with van der Waals surface area (Å²) >= 11 is 6.01. The minimum atomic E-state index is -0.135. The zero-order valence-electron chi connectivity index (χ0n) is 9.82. The molecule has 1 aliphatic rings. The number of pyridine rings is 1. The van der Waals surface area contributed by atoms with Gasteiger partial charge in [-0.3, -0.25) is 0 Å². The molecule has 1 atom stereocenters. The molecule has 0 amide bonds. The van der Waals surface area contributed by atoms with Gasteiger partial charge in [-0.15, -0.1) is 0 Å². The first-order valence-electron chi connectivity index (χ1n) is 5.72. The average Bonchev–Trinajstić information content (AvgIpc) is 2.38. The van der Waals surface area contributed by atoms with Crippen molar-refractivity contribution in [2.24, 2.45) is 0 Å². The summed E-state index contributed by atoms with van der Waals surface area (Å²) in [5.41, 5.74) is 0.769. The number of ether oxygens (including phenoxy) is 3. The lowest BCUT2D eigenvalue weighted by Crippen LogP contribution is -2.22. The molecule has 1 saturated heterocycles. The molecule has 1 aromatic heterocycles. The molecule has 1 aromatic rings. The molecule has 0 radical (unpaired) electrons. The largest absolute Gasteiger partial charge is 0.496 e. The molecule has 0 aromatic carbocycles. The highest BCUT2D eigenvalue weighted by Gasteiger charge is 2.16. The minimum absolute atomic E-state index is 0.135. The maximum atomic E-state index is 6.01. The first-order chi connectivity index (χ1) is 8.31. The maximum Gasteiger partial charge on any atom is 0.158 e. The minimum Gasteiger partial charge on any atom is -0.496 e. The van der Waals surface area contributed by atoms with Crippen molar-refractivity contribution < 1.29 is 14.2 Å². The third kappa shape index (κ3) is 3.31. The lowest BCUT2D eigenvalue weighted by Gasteiger charge is -2.23. The van der Waals surface area contributed by atoms with E-state index < -0.39 is 0 Å². The van der Waals surface area contributed by atoms with E-state index in [0.717, 1.165) is 31.4 Å². The van der Waals surface area contributed by atoms with Crippen LogP contribution in [0.1, 0.15) is 24.8 Å². The third-order valence-corrected chi connectivity index (χ3v) is 3.06. The highest BCUT2D eigenvalue weighted by Crippen LogP contribution is 2.26. The van der Waals surface area contributed by atoms with Crippen LogP contribution in [0.25, 0.3) is 0 Å². The van der Waals surface area contributed by atoms with Gasteiger partial charge in [0.2, 0.25) is 0 Å². The van der Waals surface area contributed by atoms with E-state index in [2.05, 4.69) is 4.98 Å². The monoisotopic (exact) mass is 257 g/mol. The number of nitrogens with zero attached hydrogens (tertiary/aromatic N) is 1. The lowest BCUT2D eigenvalue weighted by molar-refractivity contribution is -0.169. The Balaban J connectivity index is 1.97. The maximum absolute atomic E-state index is 6.01. The van der Waals surface area contributed by atoms with Gasteiger partial charge in [-0.05, 0) is 25.3 Å². The second-order valence-corrected chi connectivity index (χ2v) is 4.25. The van der Waals surface area contributed by atoms with Crippen LogP contribution in [0.3, 0.4) is 0 Å². The second-order valence-electron chi connectivity index (χ2n) is 3.89. The number of hydrogen-bond acceptors (Lipinski definition) is 4. The molecule has 4 nitrogen and oxygen atoms in total. The Bertz CT molecular complexity index is 367. The molecule has 17 heavy (non-hydrogen) atoms. The molecule has 0 bridgehead atoms. The van der Waals surface area contributed by atoms with Crippen molar-refractivity contribution in [3.8, 4) is 5.75 Å². The van der Waals surface area contributed by atoms with Gasteiger partial charge in [0, 0.05) is 12.8 Å². The van der Waals surface area contributed by atoms with Crippen LogP contribution in [0.15, 0.2) is 12.3 Å². The number of halogens is 1. The fraction of sp³-hybridized carbons (Fsp3) is 0.583. The van der Waals surface area contributed by atoms with Crippen molar-refractivity contribution in [1.29, 1.82) is 0 Å². The van der Waals surface area contributed by atoms with E-state index in [1.165, 1.54) is 0 Å². The van der Waals surface area contributed by atoms with Crippen LogP contribution < -0.4 is 4.74 Å². The Kier molecular flexibility index (Phi) is 4.59. The molecule has 2 rings (SSSR count). The summed E-state index contributed by atoms with van der Waals surface area (Å²) in [4.78, 5) is 4.02. The van der Waals surface area contributed by atoms with Gasteiger partial charge in [0.25, 0.3) is 0 Å². The Labute approximate surface area is 106 Å². The quantitative estimate of drug-likeness (QED) is 0.778. The van der Waals surface area contributed by atoms with Crippen molar-refractivity contribution in [1.82, 2.24) is 4.98 Å². The molecule has 94 valence electrons. The highest BCUT2D eigenvalue weighted by atomic mass is 35.5. The summed E-state index contributed by atoms with van der Waals surface area (Å²) in [6, 6.07) is 1.77. The molecular weight excluding hydrogens is 242 g/mol. The number of hydrogen-bond donors (Lipinski definition) is 0. The summed E-state index contributed by atoms with van der Waals surface area (Å²) < 4.78 is 16.4. The van der Waals surface area contributed by atoms with Crippen LogP contribution in [0, 0.1) is 0 Å². The van der Waals surface area contributed by atoms with Crippen LogP contribution in [0.2, 0.25) is 5.15 Å². The average molecular weight is 258 g/mol. The topological polar surface area (TPSA) is 40.6 Å². The van der Waals surface area contributed by atoms with Gasteiger partial charge in [-0.25, -0.2) is 4.98 Å². The van der Waals surface area contributed by atoms with Gasteiger partial charge in [0.15, 0.2) is 6.29 Å². The van der Waals surface area contributed by atoms with Crippen molar-refractivity contribution in [3.63, 3.8) is 0 Å². The Morgan fingerprint density at radius 2 is 2.41 bits per heavy atom. The van der Waals surface area contributed by atoms with Gasteiger partial charge in [0.1, 0.15) is 10.9 Å². The highest BCUT2D eigenvalue weighted by molar-refractivity contribution is 6.30. The van der Waals surface area contributed by atoms with Crippen LogP contribution in [0.5, 0.6) is 5.75 Å². The van der Waals surface area contributed by atoms with Crippen molar-refractivity contribution in [2.75, 3.05) is 13.7 Å². The zero-order valence-corrected chi connectivity index (χ0v) is 10.6. The summed E-state index contributed by atoms with van der Waals surface area (Å²) in [5, 5.41) is 0.417. The van der Waals surface area contributed by atoms with E-state index >= 15 is 0 Å². The Morgan fingerprint density at radius 1 is 1.53 bits per heavy atom. The van der Waals surface area contributed by atoms with E-state index in [4.69, 9.17) is 25.8 Å². The fourth-order valence-electron chi connectivity index (χ4n) is 1.79. The van der Waals surface area contributed by atoms with Crippen molar-refractivity contribution in [3.05, 3.63) is 23.0 Å². The molecule has 1 unspecified atom stereocenters. The molecule has 5 heteroatoms. The van der Waals surface area contributed by atoms with Crippen LogP contribution in [0.4, 0.5) is 0 Å². The molecule has 0 aliphatic carbocycles. The second kappa shape index (κ2) is 6.19. The van der Waals surface area contributed by atoms with Gasteiger partial charge >= 0.3 is 0 Å². The van der Waals surface area contributed by atoms with Crippen molar-refractivity contribution >= 4 is 11.6 Å². The lowest BCUT2D eigenvalue weighted by atomic mass is 10.2. The predicted molar refractivity (Wildman–Crippen MR) is 64.2 cm³/mol.